The molecule has 4 nitrogen and oxygen atoms in total. The zero-order valence-electron chi connectivity index (χ0n) is 13.0. The summed E-state index contributed by atoms with van der Waals surface area (Å²) in [4.78, 5) is 2.77. The molecule has 0 amide bonds. The molecule has 0 unspecified atom stereocenters. The molecular formula is C19H16N3OP. The van der Waals surface area contributed by atoms with Gasteiger partial charge in [-0.3, -0.25) is 0 Å². The first kappa shape index (κ1) is 16.1. The van der Waals surface area contributed by atoms with Crippen LogP contribution in [0.1, 0.15) is 5.56 Å². The first-order valence-electron chi connectivity index (χ1n) is 7.57. The maximum absolute atomic E-state index is 14.1. The lowest BCUT2D eigenvalue weighted by atomic mass is 10.2. The number of nitrogens with zero attached hydrogens (tertiary/aromatic N) is 3. The second-order valence-electron chi connectivity index (χ2n) is 5.34. The van der Waals surface area contributed by atoms with E-state index in [0.717, 1.165) is 21.5 Å². The lowest BCUT2D eigenvalue weighted by molar-refractivity contribution is 0.592. The van der Waals surface area contributed by atoms with Gasteiger partial charge >= 0.3 is 0 Å². The maximum atomic E-state index is 14.1. The Labute approximate surface area is 140 Å². The van der Waals surface area contributed by atoms with Gasteiger partial charge < -0.3 is 4.57 Å². The van der Waals surface area contributed by atoms with Crippen molar-refractivity contribution in [3.8, 4) is 0 Å². The topological polar surface area (TPSA) is 65.8 Å². The van der Waals surface area contributed by atoms with E-state index in [1.165, 1.54) is 0 Å². The van der Waals surface area contributed by atoms with Gasteiger partial charge in [0.25, 0.3) is 0 Å². The van der Waals surface area contributed by atoms with Gasteiger partial charge in [-0.05, 0) is 11.1 Å². The van der Waals surface area contributed by atoms with E-state index in [2.05, 4.69) is 10.0 Å². The third-order valence-electron chi connectivity index (χ3n) is 3.86. The summed E-state index contributed by atoms with van der Waals surface area (Å²) in [5.74, 6) is 0. The van der Waals surface area contributed by atoms with Crippen LogP contribution in [-0.2, 0) is 11.1 Å². The van der Waals surface area contributed by atoms with Gasteiger partial charge in [-0.1, -0.05) is 90.0 Å². The lowest BCUT2D eigenvalue weighted by Crippen LogP contribution is -2.24. The molecular weight excluding hydrogens is 317 g/mol. The number of azide groups is 1. The van der Waals surface area contributed by atoms with Gasteiger partial charge in [0.2, 0.25) is 0 Å². The lowest BCUT2D eigenvalue weighted by Gasteiger charge is -2.20. The maximum Gasteiger partial charge on any atom is 0.171 e. The minimum absolute atomic E-state index is 0.289. The second kappa shape index (κ2) is 7.18. The summed E-state index contributed by atoms with van der Waals surface area (Å²) in [7, 11) is -2.93. The fraction of sp³-hybridized carbons (Fsp3) is 0.0526. The molecule has 0 atom stereocenters. The van der Waals surface area contributed by atoms with Crippen molar-refractivity contribution >= 4 is 23.1 Å². The van der Waals surface area contributed by atoms with Crippen LogP contribution in [0.4, 0.5) is 0 Å². The molecule has 0 saturated heterocycles. The van der Waals surface area contributed by atoms with Gasteiger partial charge in [0, 0.05) is 20.8 Å². The first-order valence-corrected chi connectivity index (χ1v) is 9.27. The SMILES string of the molecule is [N-]=[N+]=NCc1ccc(P(=O)(c2ccccc2)c2ccccc2)cc1. The zero-order chi connectivity index (χ0) is 16.8. The smallest absolute Gasteiger partial charge is 0.171 e. The van der Waals surface area contributed by atoms with E-state index in [1.54, 1.807) is 0 Å². The average molecular weight is 333 g/mol. The van der Waals surface area contributed by atoms with Crippen LogP contribution in [0.3, 0.4) is 0 Å². The van der Waals surface area contributed by atoms with Crippen LogP contribution in [0.2, 0.25) is 0 Å². The van der Waals surface area contributed by atoms with E-state index >= 15 is 0 Å². The number of benzene rings is 3. The largest absolute Gasteiger partial charge is 0.309 e. The number of hydrogen-bond donors (Lipinski definition) is 0. The van der Waals surface area contributed by atoms with Crippen LogP contribution >= 0.6 is 7.14 Å². The van der Waals surface area contributed by atoms with Crippen LogP contribution in [0.25, 0.3) is 10.4 Å². The summed E-state index contributed by atoms with van der Waals surface area (Å²) in [6.07, 6.45) is 0. The summed E-state index contributed by atoms with van der Waals surface area (Å²) >= 11 is 0. The summed E-state index contributed by atoms with van der Waals surface area (Å²) in [6.45, 7) is 0.289. The summed E-state index contributed by atoms with van der Waals surface area (Å²) in [6, 6.07) is 26.5. The Morgan fingerprint density at radius 2 is 1.21 bits per heavy atom. The van der Waals surface area contributed by atoms with Crippen molar-refractivity contribution in [2.75, 3.05) is 0 Å². The minimum atomic E-state index is -2.93. The molecule has 118 valence electrons. The second-order valence-corrected chi connectivity index (χ2v) is 8.10. The van der Waals surface area contributed by atoms with E-state index in [0.29, 0.717) is 0 Å². The van der Waals surface area contributed by atoms with Crippen molar-refractivity contribution in [2.45, 2.75) is 6.54 Å². The quantitative estimate of drug-likeness (QED) is 0.299. The zero-order valence-corrected chi connectivity index (χ0v) is 13.9. The molecule has 3 aromatic carbocycles. The average Bonchev–Trinajstić information content (AvgIpc) is 2.67. The van der Waals surface area contributed by atoms with Crippen LogP contribution < -0.4 is 15.9 Å². The molecule has 24 heavy (non-hydrogen) atoms. The predicted octanol–water partition coefficient (Wildman–Crippen LogP) is 4.14. The molecule has 0 radical (unpaired) electrons. The van der Waals surface area contributed by atoms with E-state index in [1.807, 2.05) is 84.9 Å². The molecule has 0 N–H and O–H groups in total. The van der Waals surface area contributed by atoms with Crippen LogP contribution in [-0.4, -0.2) is 0 Å². The van der Waals surface area contributed by atoms with Gasteiger partial charge in [0.15, 0.2) is 7.14 Å². The first-order chi connectivity index (χ1) is 11.7. The highest BCUT2D eigenvalue weighted by Gasteiger charge is 2.29. The third-order valence-corrected chi connectivity index (χ3v) is 6.93. The van der Waals surface area contributed by atoms with Gasteiger partial charge in [-0.15, -0.1) is 0 Å². The van der Waals surface area contributed by atoms with Gasteiger partial charge in [-0.2, -0.15) is 0 Å². The number of hydrogen-bond acceptors (Lipinski definition) is 2. The highest BCUT2D eigenvalue weighted by molar-refractivity contribution is 7.85. The molecule has 0 aliphatic carbocycles. The number of rotatable bonds is 5. The molecule has 3 rings (SSSR count). The van der Waals surface area contributed by atoms with E-state index < -0.39 is 7.14 Å². The monoisotopic (exact) mass is 333 g/mol. The van der Waals surface area contributed by atoms with Gasteiger partial charge in [0.1, 0.15) is 0 Å². The van der Waals surface area contributed by atoms with E-state index in [4.69, 9.17) is 5.53 Å². The van der Waals surface area contributed by atoms with Crippen LogP contribution in [0.15, 0.2) is 90.0 Å². The Balaban J connectivity index is 2.12. The van der Waals surface area contributed by atoms with Crippen molar-refractivity contribution in [3.63, 3.8) is 0 Å². The summed E-state index contributed by atoms with van der Waals surface area (Å²) < 4.78 is 14.1. The molecule has 5 heteroatoms. The standard InChI is InChI=1S/C19H16N3OP/c20-22-21-15-16-11-13-19(14-12-16)24(23,17-7-3-1-4-8-17)18-9-5-2-6-10-18/h1-14H,15H2. The van der Waals surface area contributed by atoms with Crippen molar-refractivity contribution in [3.05, 3.63) is 101 Å². The van der Waals surface area contributed by atoms with Crippen LogP contribution in [0, 0.1) is 0 Å². The van der Waals surface area contributed by atoms with Gasteiger partial charge in [-0.25, -0.2) is 0 Å². The molecule has 3 aromatic rings. The fourth-order valence-electron chi connectivity index (χ4n) is 2.65. The minimum Gasteiger partial charge on any atom is -0.309 e. The Morgan fingerprint density at radius 1 is 0.750 bits per heavy atom. The van der Waals surface area contributed by atoms with Gasteiger partial charge in [0.05, 0.1) is 6.54 Å². The fourth-order valence-corrected chi connectivity index (χ4v) is 5.29. The highest BCUT2D eigenvalue weighted by Crippen LogP contribution is 2.42. The molecule has 0 bridgehead atoms. The Bertz CT molecular complexity index is 859. The Hall–Kier alpha value is -2.80. The molecule has 0 spiro atoms. The summed E-state index contributed by atoms with van der Waals surface area (Å²) in [5.41, 5.74) is 9.32. The highest BCUT2D eigenvalue weighted by atomic mass is 31.2. The molecule has 0 saturated carbocycles. The van der Waals surface area contributed by atoms with Crippen molar-refractivity contribution in [1.82, 2.24) is 0 Å². The predicted molar refractivity (Wildman–Crippen MR) is 98.7 cm³/mol. The third kappa shape index (κ3) is 3.11. The Kier molecular flexibility index (Phi) is 4.81. The van der Waals surface area contributed by atoms with Crippen molar-refractivity contribution in [1.29, 1.82) is 0 Å². The van der Waals surface area contributed by atoms with Crippen molar-refractivity contribution < 1.29 is 4.57 Å². The van der Waals surface area contributed by atoms with Crippen LogP contribution in [0.5, 0.6) is 0 Å². The van der Waals surface area contributed by atoms with E-state index in [-0.39, 0.29) is 6.54 Å². The molecule has 0 fully saturated rings. The molecule has 0 heterocycles. The normalized spacial score (nSPS) is 10.8. The molecule has 0 aromatic heterocycles. The van der Waals surface area contributed by atoms with Crippen molar-refractivity contribution in [2.24, 2.45) is 5.11 Å². The molecule has 0 aliphatic heterocycles. The molecule has 0 aliphatic rings. The Morgan fingerprint density at radius 3 is 1.67 bits per heavy atom. The van der Waals surface area contributed by atoms with E-state index in [9.17, 15) is 4.57 Å². The summed E-state index contributed by atoms with van der Waals surface area (Å²) in [5, 5.41) is 5.94.